The quantitative estimate of drug-likeness (QED) is 0.0628. The van der Waals surface area contributed by atoms with Crippen molar-refractivity contribution in [1.29, 1.82) is 0 Å². The second-order valence-electron chi connectivity index (χ2n) is 12.4. The molecule has 1 aromatic carbocycles. The highest BCUT2D eigenvalue weighted by atomic mass is 16.6. The van der Waals surface area contributed by atoms with Crippen LogP contribution >= 0.6 is 0 Å². The summed E-state index contributed by atoms with van der Waals surface area (Å²) in [6, 6.07) is 8.46. The molecular formula is C40H74O9. The zero-order valence-corrected chi connectivity index (χ0v) is 31.6. The molecule has 0 spiro atoms. The lowest BCUT2D eigenvalue weighted by Crippen LogP contribution is -2.15. The maximum absolute atomic E-state index is 5.78. The summed E-state index contributed by atoms with van der Waals surface area (Å²) in [5.41, 5.74) is 1.38. The fourth-order valence-electron chi connectivity index (χ4n) is 5.06. The summed E-state index contributed by atoms with van der Waals surface area (Å²) in [5, 5.41) is 0. The number of rotatable bonds is 41. The van der Waals surface area contributed by atoms with E-state index in [1.54, 1.807) is 0 Å². The Balaban J connectivity index is 1.69. The highest BCUT2D eigenvalue weighted by molar-refractivity contribution is 5.27. The zero-order valence-electron chi connectivity index (χ0n) is 31.6. The van der Waals surface area contributed by atoms with Crippen molar-refractivity contribution in [3.63, 3.8) is 0 Å². The van der Waals surface area contributed by atoms with E-state index >= 15 is 0 Å². The van der Waals surface area contributed by atoms with Gasteiger partial charge in [-0.3, -0.25) is 0 Å². The molecule has 0 aliphatic rings. The Bertz CT molecular complexity index is 750. The van der Waals surface area contributed by atoms with Gasteiger partial charge in [-0.15, -0.1) is 0 Å². The maximum atomic E-state index is 5.78. The second kappa shape index (κ2) is 39.5. The minimum Gasteiger partial charge on any atom is -0.491 e. The molecule has 0 atom stereocenters. The summed E-state index contributed by atoms with van der Waals surface area (Å²) in [6.07, 6.45) is 19.7. The number of unbranched alkanes of at least 4 members (excludes halogenated alkanes) is 12. The van der Waals surface area contributed by atoms with E-state index in [0.717, 1.165) is 25.2 Å². The van der Waals surface area contributed by atoms with Gasteiger partial charge < -0.3 is 42.6 Å². The fraction of sp³-hybridized carbons (Fsp3) is 0.850. The highest BCUT2D eigenvalue weighted by Gasteiger charge is 1.99. The minimum absolute atomic E-state index is 0.532. The average Bonchev–Trinajstić information content (AvgIpc) is 3.12. The first-order valence-electron chi connectivity index (χ1n) is 19.7. The molecule has 0 fully saturated rings. The number of benzene rings is 1. The van der Waals surface area contributed by atoms with E-state index in [0.29, 0.717) is 106 Å². The zero-order chi connectivity index (χ0) is 35.0. The first-order chi connectivity index (χ1) is 24.4. The van der Waals surface area contributed by atoms with Gasteiger partial charge >= 0.3 is 0 Å². The predicted octanol–water partition coefficient (Wildman–Crippen LogP) is 8.24. The van der Waals surface area contributed by atoms with Gasteiger partial charge in [0.25, 0.3) is 0 Å². The minimum atomic E-state index is 0.532. The van der Waals surface area contributed by atoms with E-state index in [1.807, 2.05) is 0 Å². The third-order valence-electron chi connectivity index (χ3n) is 7.99. The Labute approximate surface area is 300 Å². The Morgan fingerprint density at radius 1 is 0.306 bits per heavy atom. The van der Waals surface area contributed by atoms with E-state index < -0.39 is 0 Å². The molecule has 9 nitrogen and oxygen atoms in total. The molecule has 0 amide bonds. The third kappa shape index (κ3) is 34.9. The van der Waals surface area contributed by atoms with Crippen molar-refractivity contribution in [2.24, 2.45) is 0 Å². The van der Waals surface area contributed by atoms with Crippen molar-refractivity contribution in [3.05, 3.63) is 29.8 Å². The number of ether oxygens (including phenoxy) is 9. The van der Waals surface area contributed by atoms with E-state index in [1.165, 1.54) is 89.0 Å². The van der Waals surface area contributed by atoms with Gasteiger partial charge in [-0.05, 0) is 37.0 Å². The largest absolute Gasteiger partial charge is 0.491 e. The molecule has 288 valence electrons. The smallest absolute Gasteiger partial charge is 0.119 e. The molecule has 0 aromatic heterocycles. The predicted molar refractivity (Wildman–Crippen MR) is 198 cm³/mol. The Kier molecular flexibility index (Phi) is 36.8. The topological polar surface area (TPSA) is 83.1 Å². The van der Waals surface area contributed by atoms with Crippen LogP contribution in [0.15, 0.2) is 24.3 Å². The van der Waals surface area contributed by atoms with Crippen LogP contribution in [0.1, 0.15) is 109 Å². The van der Waals surface area contributed by atoms with Gasteiger partial charge in [-0.25, -0.2) is 0 Å². The number of hydrogen-bond acceptors (Lipinski definition) is 9. The fourth-order valence-corrected chi connectivity index (χ4v) is 5.06. The molecular weight excluding hydrogens is 624 g/mol. The summed E-state index contributed by atoms with van der Waals surface area (Å²) < 4.78 is 50.2. The molecule has 9 heteroatoms. The molecule has 0 radical (unpaired) electrons. The monoisotopic (exact) mass is 699 g/mol. The average molecular weight is 699 g/mol. The van der Waals surface area contributed by atoms with E-state index in [9.17, 15) is 0 Å². The van der Waals surface area contributed by atoms with Gasteiger partial charge in [-0.1, -0.05) is 103 Å². The summed E-state index contributed by atoms with van der Waals surface area (Å²) in [7, 11) is 0. The summed E-state index contributed by atoms with van der Waals surface area (Å²) in [5.74, 6) is 0.892. The van der Waals surface area contributed by atoms with Gasteiger partial charge in [0.15, 0.2) is 0 Å². The van der Waals surface area contributed by atoms with Gasteiger partial charge in [0, 0.05) is 6.61 Å². The summed E-state index contributed by atoms with van der Waals surface area (Å²) in [6.45, 7) is 14.2. The number of aryl methyl sites for hydroxylation is 1. The first-order valence-corrected chi connectivity index (χ1v) is 19.7. The lowest BCUT2D eigenvalue weighted by Gasteiger charge is -2.09. The van der Waals surface area contributed by atoms with Crippen molar-refractivity contribution in [1.82, 2.24) is 0 Å². The standard InChI is InChI=1S/C40H74O9/c1-3-5-7-9-11-12-14-16-22-41-23-24-42-25-26-43-27-28-44-29-30-45-31-32-46-33-34-47-35-36-48-37-38-49-40-20-18-39(19-21-40)17-15-13-10-8-6-4-2/h18-21H,3-17,22-38H2,1-2H3. The van der Waals surface area contributed by atoms with Crippen LogP contribution in [0, 0.1) is 0 Å². The van der Waals surface area contributed by atoms with Crippen LogP contribution in [0.4, 0.5) is 0 Å². The van der Waals surface area contributed by atoms with Gasteiger partial charge in [0.05, 0.1) is 99.1 Å². The molecule has 0 aliphatic carbocycles. The second-order valence-corrected chi connectivity index (χ2v) is 12.4. The van der Waals surface area contributed by atoms with Crippen molar-refractivity contribution in [2.75, 3.05) is 112 Å². The van der Waals surface area contributed by atoms with E-state index in [-0.39, 0.29) is 0 Å². The molecule has 0 bridgehead atoms. The Hall–Kier alpha value is -1.30. The van der Waals surface area contributed by atoms with Crippen LogP contribution in [0.5, 0.6) is 5.75 Å². The van der Waals surface area contributed by atoms with Gasteiger partial charge in [0.1, 0.15) is 12.4 Å². The molecule has 0 unspecified atom stereocenters. The molecule has 1 aromatic rings. The Morgan fingerprint density at radius 3 is 1.00 bits per heavy atom. The van der Waals surface area contributed by atoms with Crippen molar-refractivity contribution in [3.8, 4) is 5.75 Å². The van der Waals surface area contributed by atoms with E-state index in [4.69, 9.17) is 42.6 Å². The van der Waals surface area contributed by atoms with Crippen molar-refractivity contribution >= 4 is 0 Å². The summed E-state index contributed by atoms with van der Waals surface area (Å²) >= 11 is 0. The van der Waals surface area contributed by atoms with Crippen LogP contribution in [0.2, 0.25) is 0 Å². The normalized spacial score (nSPS) is 11.5. The van der Waals surface area contributed by atoms with Gasteiger partial charge in [0.2, 0.25) is 0 Å². The molecule has 49 heavy (non-hydrogen) atoms. The van der Waals surface area contributed by atoms with Crippen molar-refractivity contribution in [2.45, 2.75) is 110 Å². The molecule has 0 N–H and O–H groups in total. The Morgan fingerprint density at radius 2 is 0.612 bits per heavy atom. The third-order valence-corrected chi connectivity index (χ3v) is 7.99. The van der Waals surface area contributed by atoms with Crippen LogP contribution in [0.25, 0.3) is 0 Å². The van der Waals surface area contributed by atoms with Gasteiger partial charge in [-0.2, -0.15) is 0 Å². The maximum Gasteiger partial charge on any atom is 0.119 e. The van der Waals surface area contributed by atoms with Crippen LogP contribution < -0.4 is 4.74 Å². The molecule has 0 heterocycles. The molecule has 1 rings (SSSR count). The van der Waals surface area contributed by atoms with Crippen LogP contribution in [-0.4, -0.2) is 112 Å². The van der Waals surface area contributed by atoms with E-state index in [2.05, 4.69) is 38.1 Å². The number of hydrogen-bond donors (Lipinski definition) is 0. The first kappa shape index (κ1) is 45.7. The van der Waals surface area contributed by atoms with Crippen molar-refractivity contribution < 1.29 is 42.6 Å². The van der Waals surface area contributed by atoms with Crippen LogP contribution in [-0.2, 0) is 44.3 Å². The highest BCUT2D eigenvalue weighted by Crippen LogP contribution is 2.15. The summed E-state index contributed by atoms with van der Waals surface area (Å²) in [4.78, 5) is 0. The molecule has 0 saturated carbocycles. The molecule has 0 saturated heterocycles. The van der Waals surface area contributed by atoms with Crippen LogP contribution in [0.3, 0.4) is 0 Å². The molecule has 0 aliphatic heterocycles. The lowest BCUT2D eigenvalue weighted by molar-refractivity contribution is -0.0236. The SMILES string of the molecule is CCCCCCCCCCOCCOCCOCCOCCOCCOCCOCCOCCOc1ccc(CCCCCCCC)cc1. The lowest BCUT2D eigenvalue weighted by atomic mass is 10.0.